The molecule has 1 saturated carbocycles. The largest absolute Gasteiger partial charge is 0.598 e. The second kappa shape index (κ2) is 3.37. The Bertz CT molecular complexity index is 128. The molecule has 3 nitrogen and oxygen atoms in total. The number of Topliss-reactive ketones (excluding diaryl/α,β-unsaturated/α-hetero) is 1. The van der Waals surface area contributed by atoms with Gasteiger partial charge in [0.25, 0.3) is 0 Å². The minimum Gasteiger partial charge on any atom is -0.598 e. The SMILES string of the molecule is N[S+]([O-])C1CCC(=O)CC1. The molecular weight excluding hydrogens is 150 g/mol. The van der Waals surface area contributed by atoms with E-state index < -0.39 is 11.4 Å². The van der Waals surface area contributed by atoms with Gasteiger partial charge in [-0.2, -0.15) is 5.14 Å². The van der Waals surface area contributed by atoms with Gasteiger partial charge in [0.15, 0.2) is 0 Å². The second-order valence-corrected chi connectivity index (χ2v) is 3.89. The van der Waals surface area contributed by atoms with Crippen LogP contribution in [0.3, 0.4) is 0 Å². The van der Waals surface area contributed by atoms with E-state index in [-0.39, 0.29) is 11.0 Å². The van der Waals surface area contributed by atoms with Crippen molar-refractivity contribution in [2.45, 2.75) is 30.9 Å². The summed E-state index contributed by atoms with van der Waals surface area (Å²) in [6, 6.07) is 0. The summed E-state index contributed by atoms with van der Waals surface area (Å²) >= 11 is -1.22. The van der Waals surface area contributed by atoms with Crippen molar-refractivity contribution in [1.29, 1.82) is 0 Å². The van der Waals surface area contributed by atoms with Crippen LogP contribution in [0.4, 0.5) is 0 Å². The fourth-order valence-corrected chi connectivity index (χ4v) is 1.85. The average Bonchev–Trinajstić information content (AvgIpc) is 1.88. The van der Waals surface area contributed by atoms with E-state index in [2.05, 4.69) is 0 Å². The smallest absolute Gasteiger partial charge is 0.136 e. The standard InChI is InChI=1S/C6H11NO2S/c7-10(9)6-3-1-5(8)2-4-6/h6H,1-4,7H2. The molecule has 1 aliphatic rings. The molecule has 0 heterocycles. The van der Waals surface area contributed by atoms with Crippen LogP contribution in [0.15, 0.2) is 0 Å². The van der Waals surface area contributed by atoms with E-state index in [1.807, 2.05) is 0 Å². The average molecular weight is 161 g/mol. The molecule has 4 heteroatoms. The molecule has 1 aliphatic carbocycles. The summed E-state index contributed by atoms with van der Waals surface area (Å²) < 4.78 is 10.7. The summed E-state index contributed by atoms with van der Waals surface area (Å²) in [5.74, 6) is 0.279. The number of rotatable bonds is 1. The minimum absolute atomic E-state index is 0.0673. The number of nitrogens with two attached hydrogens (primary N) is 1. The topological polar surface area (TPSA) is 66.2 Å². The maximum absolute atomic E-state index is 10.7. The lowest BCUT2D eigenvalue weighted by molar-refractivity contribution is -0.120. The Morgan fingerprint density at radius 2 is 2.00 bits per heavy atom. The zero-order valence-electron chi connectivity index (χ0n) is 5.71. The summed E-state index contributed by atoms with van der Waals surface area (Å²) in [5, 5.41) is 5.24. The van der Waals surface area contributed by atoms with Crippen LogP contribution in [0.25, 0.3) is 0 Å². The van der Waals surface area contributed by atoms with E-state index in [9.17, 15) is 9.35 Å². The Labute approximate surface area is 63.3 Å². The van der Waals surface area contributed by atoms with Gasteiger partial charge >= 0.3 is 0 Å². The number of ketones is 1. The molecule has 1 unspecified atom stereocenters. The summed E-state index contributed by atoms with van der Waals surface area (Å²) in [6.07, 6.45) is 2.55. The monoisotopic (exact) mass is 161 g/mol. The highest BCUT2D eigenvalue weighted by atomic mass is 32.2. The lowest BCUT2D eigenvalue weighted by Crippen LogP contribution is -2.32. The molecule has 58 valence electrons. The first-order valence-electron chi connectivity index (χ1n) is 3.37. The molecule has 1 rings (SSSR count). The third kappa shape index (κ3) is 1.97. The van der Waals surface area contributed by atoms with Crippen LogP contribution in [-0.2, 0) is 16.2 Å². The van der Waals surface area contributed by atoms with Crippen LogP contribution in [0, 0.1) is 0 Å². The first-order chi connectivity index (χ1) is 4.70. The minimum atomic E-state index is -1.22. The van der Waals surface area contributed by atoms with E-state index in [4.69, 9.17) is 5.14 Å². The predicted molar refractivity (Wildman–Crippen MR) is 39.6 cm³/mol. The first kappa shape index (κ1) is 8.04. The van der Waals surface area contributed by atoms with E-state index >= 15 is 0 Å². The Morgan fingerprint density at radius 3 is 2.40 bits per heavy atom. The number of hydrogen-bond acceptors (Lipinski definition) is 3. The van der Waals surface area contributed by atoms with E-state index in [1.54, 1.807) is 0 Å². The number of carbonyl (C=O) groups excluding carboxylic acids is 1. The van der Waals surface area contributed by atoms with Crippen molar-refractivity contribution in [2.24, 2.45) is 5.14 Å². The highest BCUT2D eigenvalue weighted by Crippen LogP contribution is 2.19. The van der Waals surface area contributed by atoms with Crippen molar-refractivity contribution in [3.63, 3.8) is 0 Å². The van der Waals surface area contributed by atoms with Crippen molar-refractivity contribution in [3.8, 4) is 0 Å². The number of hydrogen-bond donors (Lipinski definition) is 1. The maximum atomic E-state index is 10.7. The zero-order valence-corrected chi connectivity index (χ0v) is 6.52. The summed E-state index contributed by atoms with van der Waals surface area (Å²) in [7, 11) is 0. The molecule has 0 amide bonds. The Balaban J connectivity index is 2.33. The first-order valence-corrected chi connectivity index (χ1v) is 4.64. The third-order valence-electron chi connectivity index (χ3n) is 1.82. The van der Waals surface area contributed by atoms with Gasteiger partial charge in [0.05, 0.1) is 0 Å². The Hall–Kier alpha value is -0.0600. The van der Waals surface area contributed by atoms with Crippen molar-refractivity contribution in [1.82, 2.24) is 0 Å². The molecule has 0 bridgehead atoms. The molecule has 0 aromatic rings. The molecule has 0 aliphatic heterocycles. The van der Waals surface area contributed by atoms with Gasteiger partial charge < -0.3 is 4.55 Å². The van der Waals surface area contributed by atoms with Crippen LogP contribution in [-0.4, -0.2) is 15.6 Å². The zero-order chi connectivity index (χ0) is 7.56. The van der Waals surface area contributed by atoms with E-state index in [1.165, 1.54) is 0 Å². The molecule has 0 spiro atoms. The van der Waals surface area contributed by atoms with Crippen LogP contribution in [0.2, 0.25) is 0 Å². The van der Waals surface area contributed by atoms with Gasteiger partial charge in [-0.1, -0.05) is 0 Å². The molecule has 0 aromatic carbocycles. The molecule has 0 radical (unpaired) electrons. The van der Waals surface area contributed by atoms with Gasteiger partial charge in [0, 0.05) is 37.0 Å². The second-order valence-electron chi connectivity index (χ2n) is 2.57. The molecular formula is C6H11NO2S. The van der Waals surface area contributed by atoms with Crippen LogP contribution in [0.1, 0.15) is 25.7 Å². The van der Waals surface area contributed by atoms with Gasteiger partial charge in [0.1, 0.15) is 11.0 Å². The summed E-state index contributed by atoms with van der Waals surface area (Å²) in [6.45, 7) is 0. The van der Waals surface area contributed by atoms with Crippen molar-refractivity contribution in [3.05, 3.63) is 0 Å². The van der Waals surface area contributed by atoms with Crippen LogP contribution < -0.4 is 5.14 Å². The summed E-state index contributed by atoms with van der Waals surface area (Å²) in [4.78, 5) is 10.7. The van der Waals surface area contributed by atoms with Crippen molar-refractivity contribution < 1.29 is 9.35 Å². The van der Waals surface area contributed by atoms with Crippen LogP contribution in [0.5, 0.6) is 0 Å². The van der Waals surface area contributed by atoms with Gasteiger partial charge in [-0.25, -0.2) is 0 Å². The Kier molecular flexibility index (Phi) is 2.71. The fourth-order valence-electron chi connectivity index (χ4n) is 1.15. The molecule has 10 heavy (non-hydrogen) atoms. The highest BCUT2D eigenvalue weighted by Gasteiger charge is 2.25. The van der Waals surface area contributed by atoms with Gasteiger partial charge in [-0.3, -0.25) is 4.79 Å². The predicted octanol–water partition coefficient (Wildman–Crippen LogP) is 0.121. The van der Waals surface area contributed by atoms with Gasteiger partial charge in [-0.15, -0.1) is 0 Å². The lowest BCUT2D eigenvalue weighted by Gasteiger charge is -2.19. The third-order valence-corrected chi connectivity index (χ3v) is 2.95. The number of carbonyl (C=O) groups is 1. The van der Waals surface area contributed by atoms with Gasteiger partial charge in [0.2, 0.25) is 0 Å². The molecule has 1 atom stereocenters. The fraction of sp³-hybridized carbons (Fsp3) is 0.833. The quantitative estimate of drug-likeness (QED) is 0.555. The summed E-state index contributed by atoms with van der Waals surface area (Å²) in [5.41, 5.74) is 0. The normalized spacial score (nSPS) is 24.8. The molecule has 0 saturated heterocycles. The lowest BCUT2D eigenvalue weighted by atomic mass is 9.99. The Morgan fingerprint density at radius 1 is 1.50 bits per heavy atom. The molecule has 1 fully saturated rings. The highest BCUT2D eigenvalue weighted by molar-refractivity contribution is 7.89. The van der Waals surface area contributed by atoms with E-state index in [0.717, 1.165) is 0 Å². The van der Waals surface area contributed by atoms with E-state index in [0.29, 0.717) is 25.7 Å². The van der Waals surface area contributed by atoms with Crippen molar-refractivity contribution in [2.75, 3.05) is 0 Å². The molecule has 2 N–H and O–H groups in total. The van der Waals surface area contributed by atoms with Crippen LogP contribution >= 0.6 is 0 Å². The molecule has 0 aromatic heterocycles. The van der Waals surface area contributed by atoms with Crippen molar-refractivity contribution >= 4 is 17.1 Å². The maximum Gasteiger partial charge on any atom is 0.136 e. The van der Waals surface area contributed by atoms with Gasteiger partial charge in [-0.05, 0) is 0 Å².